The minimum Gasteiger partial charge on any atom is -0.481 e. The molecule has 11 nitrogen and oxygen atoms in total. The quantitative estimate of drug-likeness (QED) is 0.0795. The van der Waals surface area contributed by atoms with Gasteiger partial charge >= 0.3 is 0 Å². The maximum Gasteiger partial charge on any atom is 0.220 e. The molecule has 57 heavy (non-hydrogen) atoms. The summed E-state index contributed by atoms with van der Waals surface area (Å²) in [5.41, 5.74) is 7.77. The Morgan fingerprint density at radius 2 is 1.04 bits per heavy atom. The van der Waals surface area contributed by atoms with E-state index in [4.69, 9.17) is 53.1 Å². The molecule has 4 saturated heterocycles. The minimum atomic E-state index is -0.0342. The molecule has 6 heterocycles. The largest absolute Gasteiger partial charge is 0.481 e. The Hall–Kier alpha value is -4.16. The number of hydrogen-bond donors (Lipinski definition) is 0. The van der Waals surface area contributed by atoms with Gasteiger partial charge in [0.15, 0.2) is 11.6 Å². The van der Waals surface area contributed by atoms with Gasteiger partial charge in [-0.3, -0.25) is 0 Å². The normalized spacial score (nSPS) is 24.1. The third kappa shape index (κ3) is 8.67. The molecule has 11 heteroatoms. The van der Waals surface area contributed by atoms with E-state index in [9.17, 15) is 0 Å². The van der Waals surface area contributed by atoms with E-state index < -0.39 is 0 Å². The molecule has 2 aromatic heterocycles. The van der Waals surface area contributed by atoms with Gasteiger partial charge in [-0.1, -0.05) is 54.4 Å². The van der Waals surface area contributed by atoms with Crippen LogP contribution >= 0.6 is 0 Å². The van der Waals surface area contributed by atoms with Crippen molar-refractivity contribution in [2.24, 2.45) is 0 Å². The van der Waals surface area contributed by atoms with Crippen molar-refractivity contribution in [1.29, 1.82) is 0 Å². The fraction of sp³-hybridized carbons (Fsp3) is 0.565. The van der Waals surface area contributed by atoms with Gasteiger partial charge < -0.3 is 33.2 Å². The predicted octanol–water partition coefficient (Wildman–Crippen LogP) is 9.80. The lowest BCUT2D eigenvalue weighted by atomic mass is 9.96. The topological polar surface area (TPSA) is 129 Å². The highest BCUT2D eigenvalue weighted by Crippen LogP contribution is 2.44. The van der Waals surface area contributed by atoms with E-state index in [-0.39, 0.29) is 48.5 Å². The predicted molar refractivity (Wildman–Crippen MR) is 217 cm³/mol. The fourth-order valence-electron chi connectivity index (χ4n) is 8.04. The van der Waals surface area contributed by atoms with Crippen molar-refractivity contribution in [2.45, 2.75) is 141 Å². The van der Waals surface area contributed by atoms with Crippen LogP contribution in [0.2, 0.25) is 0 Å². The third-order valence-electron chi connectivity index (χ3n) is 12.0. The summed E-state index contributed by atoms with van der Waals surface area (Å²) in [6, 6.07) is 12.5. The SMILES string of the molecule is CCC[C@@H]1O[C@H]1Cc1cc(-c2nc(OC)c([C@@H](C)CC)c([C@H]3CO3)n2)ccc1Oc1ccc(-c2nc(OC)c([C@@H](C)CC)c([C@H]3CO3)n2)cc1C[C@@H]1O[C@H]1CCC. The van der Waals surface area contributed by atoms with E-state index in [1.165, 1.54) is 0 Å². The zero-order valence-electron chi connectivity index (χ0n) is 34.8. The standard InChI is InChI=1S/C46H58N4O7/c1-9-13-33-35(56-33)21-29-19-27(43-47-41(37-23-53-37)39(25(5)11-3)45(49-43)51-7)15-17-31(29)55-32-18-16-28(20-30(32)22-36-34(57-36)14-10-2)44-48-42(38-24-54-38)40(26(6)12-4)46(50-44)52-8/h15-20,25-26,33-38H,9-14,21-24H2,1-8H3/t25-,26-,33-,34-,35-,36-,37+,38+/m0/s1. The summed E-state index contributed by atoms with van der Waals surface area (Å²) >= 11 is 0. The molecule has 0 unspecified atom stereocenters. The van der Waals surface area contributed by atoms with E-state index in [1.807, 2.05) is 24.3 Å². The van der Waals surface area contributed by atoms with E-state index in [0.29, 0.717) is 49.5 Å². The summed E-state index contributed by atoms with van der Waals surface area (Å²) in [5.74, 6) is 4.48. The molecule has 0 bridgehead atoms. The van der Waals surface area contributed by atoms with Crippen molar-refractivity contribution < 1.29 is 33.2 Å². The molecule has 0 N–H and O–H groups in total. The number of benzene rings is 2. The van der Waals surface area contributed by atoms with Crippen LogP contribution in [0.5, 0.6) is 23.3 Å². The molecule has 0 spiro atoms. The number of methoxy groups -OCH3 is 2. The molecule has 4 aromatic rings. The van der Waals surface area contributed by atoms with E-state index >= 15 is 0 Å². The molecular weight excluding hydrogens is 721 g/mol. The highest BCUT2D eigenvalue weighted by molar-refractivity contribution is 5.64. The van der Waals surface area contributed by atoms with Crippen LogP contribution in [0, 0.1) is 0 Å². The summed E-state index contributed by atoms with van der Waals surface area (Å²) in [6.07, 6.45) is 8.27. The fourth-order valence-corrected chi connectivity index (χ4v) is 8.04. The van der Waals surface area contributed by atoms with Crippen LogP contribution in [0.4, 0.5) is 0 Å². The molecule has 2 aromatic carbocycles. The molecule has 0 radical (unpaired) electrons. The first kappa shape index (κ1) is 39.7. The van der Waals surface area contributed by atoms with E-state index in [1.54, 1.807) is 14.2 Å². The first-order chi connectivity index (χ1) is 27.8. The van der Waals surface area contributed by atoms with Crippen molar-refractivity contribution >= 4 is 0 Å². The Bertz CT molecular complexity index is 1920. The molecule has 0 saturated carbocycles. The first-order valence-electron chi connectivity index (χ1n) is 21.2. The average Bonchev–Trinajstić information content (AvgIpc) is 4.01. The molecule has 4 aliphatic heterocycles. The highest BCUT2D eigenvalue weighted by atomic mass is 16.6. The van der Waals surface area contributed by atoms with Crippen molar-refractivity contribution in [3.05, 3.63) is 70.0 Å². The van der Waals surface area contributed by atoms with E-state index in [2.05, 4.69) is 53.7 Å². The number of hydrogen-bond acceptors (Lipinski definition) is 11. The van der Waals surface area contributed by atoms with Gasteiger partial charge in [-0.2, -0.15) is 9.97 Å². The average molecular weight is 779 g/mol. The van der Waals surface area contributed by atoms with Crippen molar-refractivity contribution in [3.63, 3.8) is 0 Å². The Morgan fingerprint density at radius 3 is 1.39 bits per heavy atom. The summed E-state index contributed by atoms with van der Waals surface area (Å²) < 4.78 is 42.6. The lowest BCUT2D eigenvalue weighted by Crippen LogP contribution is -2.09. The Labute approximate surface area is 337 Å². The Balaban J connectivity index is 1.17. The summed E-state index contributed by atoms with van der Waals surface area (Å²) in [7, 11) is 3.36. The minimum absolute atomic E-state index is 0.0342. The van der Waals surface area contributed by atoms with Gasteiger partial charge in [0.1, 0.15) is 23.7 Å². The Morgan fingerprint density at radius 1 is 0.614 bits per heavy atom. The van der Waals surface area contributed by atoms with Gasteiger partial charge in [0, 0.05) is 35.1 Å². The molecule has 4 fully saturated rings. The zero-order chi connectivity index (χ0) is 39.8. The van der Waals surface area contributed by atoms with Gasteiger partial charge in [0.25, 0.3) is 0 Å². The maximum atomic E-state index is 6.95. The lowest BCUT2D eigenvalue weighted by molar-refractivity contribution is 0.358. The van der Waals surface area contributed by atoms with Crippen LogP contribution in [-0.2, 0) is 31.8 Å². The molecule has 0 aliphatic carbocycles. The Kier molecular flexibility index (Phi) is 11.8. The molecule has 8 rings (SSSR count). The van der Waals surface area contributed by atoms with Gasteiger partial charge in [-0.05, 0) is 85.0 Å². The highest BCUT2D eigenvalue weighted by Gasteiger charge is 2.40. The molecule has 0 amide bonds. The van der Waals surface area contributed by atoms with Crippen LogP contribution in [0.25, 0.3) is 22.8 Å². The maximum absolute atomic E-state index is 6.95. The lowest BCUT2D eigenvalue weighted by Gasteiger charge is -2.19. The summed E-state index contributed by atoms with van der Waals surface area (Å²) in [4.78, 5) is 20.1. The van der Waals surface area contributed by atoms with Crippen LogP contribution in [0.15, 0.2) is 36.4 Å². The summed E-state index contributed by atoms with van der Waals surface area (Å²) in [5, 5.41) is 0. The van der Waals surface area contributed by atoms with Gasteiger partial charge in [0.05, 0.1) is 63.2 Å². The second kappa shape index (κ2) is 17.0. The summed E-state index contributed by atoms with van der Waals surface area (Å²) in [6.45, 7) is 14.4. The number of rotatable bonds is 20. The number of aromatic nitrogens is 4. The monoisotopic (exact) mass is 778 g/mol. The molecule has 4 aliphatic rings. The number of ether oxygens (including phenoxy) is 7. The third-order valence-corrected chi connectivity index (χ3v) is 12.0. The second-order valence-electron chi connectivity index (χ2n) is 16.1. The van der Waals surface area contributed by atoms with Crippen molar-refractivity contribution in [2.75, 3.05) is 27.4 Å². The van der Waals surface area contributed by atoms with Gasteiger partial charge in [-0.15, -0.1) is 0 Å². The number of epoxide rings is 4. The molecular formula is C46H58N4O7. The molecule has 8 atom stereocenters. The van der Waals surface area contributed by atoms with Crippen LogP contribution in [-0.4, -0.2) is 71.8 Å². The van der Waals surface area contributed by atoms with E-state index in [0.717, 1.165) is 94.8 Å². The number of nitrogens with zero attached hydrogens (tertiary/aromatic N) is 4. The molecule has 304 valence electrons. The van der Waals surface area contributed by atoms with Crippen LogP contribution < -0.4 is 14.2 Å². The van der Waals surface area contributed by atoms with Gasteiger partial charge in [0.2, 0.25) is 11.8 Å². The first-order valence-corrected chi connectivity index (χ1v) is 21.2. The van der Waals surface area contributed by atoms with Crippen molar-refractivity contribution in [3.8, 4) is 46.0 Å². The van der Waals surface area contributed by atoms with Crippen LogP contribution in [0.1, 0.15) is 138 Å². The second-order valence-corrected chi connectivity index (χ2v) is 16.1. The van der Waals surface area contributed by atoms with Crippen molar-refractivity contribution in [1.82, 2.24) is 19.9 Å². The van der Waals surface area contributed by atoms with Gasteiger partial charge in [-0.25, -0.2) is 9.97 Å². The zero-order valence-corrected chi connectivity index (χ0v) is 34.8. The smallest absolute Gasteiger partial charge is 0.220 e. The van der Waals surface area contributed by atoms with Crippen LogP contribution in [0.3, 0.4) is 0 Å².